The molecular formula is C17H20N2O3. The third-order valence-electron chi connectivity index (χ3n) is 3.68. The minimum atomic E-state index is -0.447. The molecule has 5 heteroatoms. The Bertz CT molecular complexity index is 745. The van der Waals surface area contributed by atoms with Crippen LogP contribution in [0.2, 0.25) is 0 Å². The molecule has 0 bridgehead atoms. The Morgan fingerprint density at radius 2 is 1.82 bits per heavy atom. The smallest absolute Gasteiger partial charge is 0.339 e. The maximum atomic E-state index is 12.5. The summed E-state index contributed by atoms with van der Waals surface area (Å²) in [7, 11) is 1.32. The highest BCUT2D eigenvalue weighted by molar-refractivity contribution is 6.07. The number of anilines is 1. The molecule has 2 rings (SSSR count). The molecule has 1 aromatic heterocycles. The summed E-state index contributed by atoms with van der Waals surface area (Å²) in [6.07, 6.45) is 0. The topological polar surface area (TPSA) is 71.2 Å². The van der Waals surface area contributed by atoms with Crippen LogP contribution in [-0.4, -0.2) is 24.0 Å². The Labute approximate surface area is 129 Å². The second-order valence-electron chi connectivity index (χ2n) is 5.39. The van der Waals surface area contributed by atoms with Crippen molar-refractivity contribution in [2.45, 2.75) is 27.7 Å². The van der Waals surface area contributed by atoms with E-state index >= 15 is 0 Å². The molecule has 0 radical (unpaired) electrons. The van der Waals surface area contributed by atoms with Gasteiger partial charge in [-0.05, 0) is 44.9 Å². The molecule has 1 amide bonds. The molecule has 22 heavy (non-hydrogen) atoms. The molecule has 0 aliphatic rings. The summed E-state index contributed by atoms with van der Waals surface area (Å²) < 4.78 is 4.75. The van der Waals surface area contributed by atoms with E-state index in [0.717, 1.165) is 16.8 Å². The number of aryl methyl sites for hydroxylation is 3. The van der Waals surface area contributed by atoms with Gasteiger partial charge >= 0.3 is 5.97 Å². The average molecular weight is 300 g/mol. The van der Waals surface area contributed by atoms with Crippen molar-refractivity contribution < 1.29 is 14.3 Å². The van der Waals surface area contributed by atoms with Crippen LogP contribution >= 0.6 is 0 Å². The summed E-state index contributed by atoms with van der Waals surface area (Å²) in [6.45, 7) is 7.41. The van der Waals surface area contributed by atoms with Crippen molar-refractivity contribution >= 4 is 17.6 Å². The lowest BCUT2D eigenvalue weighted by atomic mass is 10.1. The van der Waals surface area contributed by atoms with Gasteiger partial charge in [-0.15, -0.1) is 0 Å². The van der Waals surface area contributed by atoms with E-state index < -0.39 is 5.97 Å². The molecule has 0 saturated heterocycles. The first-order valence-electron chi connectivity index (χ1n) is 7.01. The fourth-order valence-corrected chi connectivity index (χ4v) is 2.52. The summed E-state index contributed by atoms with van der Waals surface area (Å²) in [5.74, 6) is -0.723. The number of aromatic amines is 1. The number of rotatable bonds is 3. The van der Waals surface area contributed by atoms with E-state index in [9.17, 15) is 9.59 Å². The van der Waals surface area contributed by atoms with Crippen LogP contribution in [0.3, 0.4) is 0 Å². The molecule has 0 aliphatic carbocycles. The van der Waals surface area contributed by atoms with Gasteiger partial charge in [-0.3, -0.25) is 4.79 Å². The molecule has 0 unspecified atom stereocenters. The molecule has 5 nitrogen and oxygen atoms in total. The van der Waals surface area contributed by atoms with Crippen molar-refractivity contribution in [1.82, 2.24) is 4.98 Å². The first-order chi connectivity index (χ1) is 10.3. The largest absolute Gasteiger partial charge is 0.465 e. The van der Waals surface area contributed by atoms with E-state index in [4.69, 9.17) is 4.74 Å². The third kappa shape index (κ3) is 2.88. The van der Waals surface area contributed by atoms with Gasteiger partial charge in [0.15, 0.2) is 0 Å². The van der Waals surface area contributed by atoms with Gasteiger partial charge in [0.05, 0.1) is 12.7 Å². The monoisotopic (exact) mass is 300 g/mol. The van der Waals surface area contributed by atoms with Crippen LogP contribution in [0.25, 0.3) is 0 Å². The molecule has 0 aliphatic heterocycles. The quantitative estimate of drug-likeness (QED) is 0.854. The van der Waals surface area contributed by atoms with E-state index in [2.05, 4.69) is 10.3 Å². The number of benzene rings is 1. The number of H-pyrrole nitrogens is 1. The normalized spacial score (nSPS) is 10.4. The van der Waals surface area contributed by atoms with Gasteiger partial charge in [0.25, 0.3) is 5.91 Å². The minimum absolute atomic E-state index is 0.275. The average Bonchev–Trinajstić information content (AvgIpc) is 2.76. The zero-order valence-corrected chi connectivity index (χ0v) is 13.5. The standard InChI is InChI=1S/C17H20N2O3/c1-9-6-7-13(10(2)8-9)19-16(20)15-11(3)14(12(4)18-15)17(21)22-5/h6-8,18H,1-5H3,(H,19,20). The number of hydrogen-bond acceptors (Lipinski definition) is 3. The van der Waals surface area contributed by atoms with Gasteiger partial charge in [-0.2, -0.15) is 0 Å². The molecule has 116 valence electrons. The van der Waals surface area contributed by atoms with Gasteiger partial charge in [-0.25, -0.2) is 4.79 Å². The summed E-state index contributed by atoms with van der Waals surface area (Å²) in [5, 5.41) is 2.87. The predicted molar refractivity (Wildman–Crippen MR) is 85.5 cm³/mol. The predicted octanol–water partition coefficient (Wildman–Crippen LogP) is 3.29. The maximum Gasteiger partial charge on any atom is 0.339 e. The zero-order valence-electron chi connectivity index (χ0n) is 13.5. The molecule has 2 N–H and O–H groups in total. The van der Waals surface area contributed by atoms with Crippen molar-refractivity contribution in [2.75, 3.05) is 12.4 Å². The van der Waals surface area contributed by atoms with Crippen LogP contribution < -0.4 is 5.32 Å². The molecule has 0 atom stereocenters. The number of methoxy groups -OCH3 is 1. The Morgan fingerprint density at radius 1 is 1.14 bits per heavy atom. The van der Waals surface area contributed by atoms with E-state index in [-0.39, 0.29) is 5.91 Å². The van der Waals surface area contributed by atoms with E-state index in [1.54, 1.807) is 13.8 Å². The Hall–Kier alpha value is -2.56. The number of hydrogen-bond donors (Lipinski definition) is 2. The fraction of sp³-hybridized carbons (Fsp3) is 0.294. The van der Waals surface area contributed by atoms with Gasteiger partial charge in [0.2, 0.25) is 0 Å². The summed E-state index contributed by atoms with van der Waals surface area (Å²) in [4.78, 5) is 27.2. The number of amides is 1. The molecule has 0 fully saturated rings. The van der Waals surface area contributed by atoms with Gasteiger partial charge < -0.3 is 15.0 Å². The highest BCUT2D eigenvalue weighted by atomic mass is 16.5. The van der Waals surface area contributed by atoms with Gasteiger partial charge in [-0.1, -0.05) is 17.7 Å². The second-order valence-corrected chi connectivity index (χ2v) is 5.39. The van der Waals surface area contributed by atoms with Crippen molar-refractivity contribution in [3.05, 3.63) is 51.8 Å². The first-order valence-corrected chi connectivity index (χ1v) is 7.01. The lowest BCUT2D eigenvalue weighted by molar-refractivity contribution is 0.0599. The maximum absolute atomic E-state index is 12.5. The number of nitrogens with one attached hydrogen (secondary N) is 2. The molecule has 1 heterocycles. The van der Waals surface area contributed by atoms with Crippen LogP contribution in [0.5, 0.6) is 0 Å². The van der Waals surface area contributed by atoms with Crippen molar-refractivity contribution in [3.63, 3.8) is 0 Å². The Morgan fingerprint density at radius 3 is 2.41 bits per heavy atom. The minimum Gasteiger partial charge on any atom is -0.465 e. The summed E-state index contributed by atoms with van der Waals surface area (Å²) in [5.41, 5.74) is 4.87. The van der Waals surface area contributed by atoms with E-state index in [1.807, 2.05) is 32.0 Å². The number of esters is 1. The van der Waals surface area contributed by atoms with E-state index in [0.29, 0.717) is 22.5 Å². The fourth-order valence-electron chi connectivity index (χ4n) is 2.52. The lowest BCUT2D eigenvalue weighted by Crippen LogP contribution is -2.15. The summed E-state index contributed by atoms with van der Waals surface area (Å²) in [6, 6.07) is 5.81. The molecular weight excluding hydrogens is 280 g/mol. The number of aromatic nitrogens is 1. The summed E-state index contributed by atoms with van der Waals surface area (Å²) >= 11 is 0. The van der Waals surface area contributed by atoms with Gasteiger partial charge in [0, 0.05) is 11.4 Å². The Kier molecular flexibility index (Phi) is 4.35. The lowest BCUT2D eigenvalue weighted by Gasteiger charge is -2.09. The van der Waals surface area contributed by atoms with Crippen molar-refractivity contribution in [3.8, 4) is 0 Å². The van der Waals surface area contributed by atoms with Crippen LogP contribution in [0, 0.1) is 27.7 Å². The molecule has 0 spiro atoms. The highest BCUT2D eigenvalue weighted by Gasteiger charge is 2.22. The third-order valence-corrected chi connectivity index (χ3v) is 3.68. The van der Waals surface area contributed by atoms with Crippen molar-refractivity contribution in [2.24, 2.45) is 0 Å². The SMILES string of the molecule is COC(=O)c1c(C)[nH]c(C(=O)Nc2ccc(C)cc2C)c1C. The molecule has 0 saturated carbocycles. The van der Waals surface area contributed by atoms with Crippen LogP contribution in [-0.2, 0) is 4.74 Å². The highest BCUT2D eigenvalue weighted by Crippen LogP contribution is 2.21. The Balaban J connectivity index is 2.32. The molecule has 1 aromatic carbocycles. The van der Waals surface area contributed by atoms with Gasteiger partial charge in [0.1, 0.15) is 5.69 Å². The number of carbonyl (C=O) groups is 2. The van der Waals surface area contributed by atoms with Crippen LogP contribution in [0.15, 0.2) is 18.2 Å². The van der Waals surface area contributed by atoms with Crippen LogP contribution in [0.4, 0.5) is 5.69 Å². The number of carbonyl (C=O) groups excluding carboxylic acids is 2. The number of ether oxygens (including phenoxy) is 1. The second kappa shape index (κ2) is 6.05. The molecule has 2 aromatic rings. The zero-order chi connectivity index (χ0) is 16.4. The van der Waals surface area contributed by atoms with Crippen LogP contribution in [0.1, 0.15) is 43.2 Å². The van der Waals surface area contributed by atoms with Crippen molar-refractivity contribution in [1.29, 1.82) is 0 Å². The first kappa shape index (κ1) is 15.8. The van der Waals surface area contributed by atoms with E-state index in [1.165, 1.54) is 7.11 Å².